The van der Waals surface area contributed by atoms with Crippen LogP contribution in [0.25, 0.3) is 0 Å². The predicted molar refractivity (Wildman–Crippen MR) is 105 cm³/mol. The number of piperazine rings is 1. The van der Waals surface area contributed by atoms with Crippen molar-refractivity contribution < 1.29 is 27.5 Å². The molecule has 1 aromatic heterocycles. The SMILES string of the molecule is COC(=O)c1sccc1S(=O)(=O)NCCN1CCN(C(=O)OC(C)(C)C)CC1. The maximum atomic E-state index is 12.5. The number of methoxy groups -OCH3 is 1. The Hall–Kier alpha value is -1.69. The van der Waals surface area contributed by atoms with Crippen molar-refractivity contribution in [2.75, 3.05) is 46.4 Å². The fraction of sp³-hybridized carbons (Fsp3) is 0.647. The number of nitrogens with zero attached hydrogens (tertiary/aromatic N) is 2. The zero-order valence-corrected chi connectivity index (χ0v) is 18.2. The molecule has 1 fully saturated rings. The van der Waals surface area contributed by atoms with Crippen molar-refractivity contribution in [3.63, 3.8) is 0 Å². The first-order valence-corrected chi connectivity index (χ1v) is 11.3. The molecule has 1 aliphatic heterocycles. The molecule has 158 valence electrons. The van der Waals surface area contributed by atoms with Crippen molar-refractivity contribution in [1.82, 2.24) is 14.5 Å². The Kier molecular flexibility index (Phi) is 7.43. The third kappa shape index (κ3) is 6.16. The third-order valence-electron chi connectivity index (χ3n) is 4.03. The van der Waals surface area contributed by atoms with Gasteiger partial charge in [0.05, 0.1) is 7.11 Å². The second-order valence-corrected chi connectivity index (χ2v) is 9.96. The lowest BCUT2D eigenvalue weighted by molar-refractivity contribution is 0.0147. The minimum absolute atomic E-state index is 0.0565. The van der Waals surface area contributed by atoms with Crippen LogP contribution in [0.3, 0.4) is 0 Å². The van der Waals surface area contributed by atoms with Crippen LogP contribution in [0.5, 0.6) is 0 Å². The lowest BCUT2D eigenvalue weighted by Gasteiger charge is -2.35. The van der Waals surface area contributed by atoms with E-state index in [1.165, 1.54) is 18.6 Å². The smallest absolute Gasteiger partial charge is 0.410 e. The number of thiophene rings is 1. The van der Waals surface area contributed by atoms with Gasteiger partial charge in [0.15, 0.2) is 0 Å². The molecule has 1 amide bonds. The highest BCUT2D eigenvalue weighted by atomic mass is 32.2. The molecule has 0 radical (unpaired) electrons. The number of hydrogen-bond acceptors (Lipinski definition) is 8. The summed E-state index contributed by atoms with van der Waals surface area (Å²) in [6.07, 6.45) is -0.333. The normalized spacial score (nSPS) is 16.1. The van der Waals surface area contributed by atoms with E-state index in [1.54, 1.807) is 4.90 Å². The van der Waals surface area contributed by atoms with Gasteiger partial charge in [0.2, 0.25) is 10.0 Å². The molecule has 0 unspecified atom stereocenters. The summed E-state index contributed by atoms with van der Waals surface area (Å²) in [7, 11) is -2.59. The third-order valence-corrected chi connectivity index (χ3v) is 6.56. The Morgan fingerprint density at radius 3 is 2.43 bits per heavy atom. The lowest BCUT2D eigenvalue weighted by Crippen LogP contribution is -2.51. The van der Waals surface area contributed by atoms with E-state index < -0.39 is 21.6 Å². The highest BCUT2D eigenvalue weighted by molar-refractivity contribution is 7.89. The van der Waals surface area contributed by atoms with Crippen LogP contribution < -0.4 is 4.72 Å². The van der Waals surface area contributed by atoms with E-state index in [2.05, 4.69) is 14.4 Å². The second kappa shape index (κ2) is 9.21. The Balaban J connectivity index is 1.81. The minimum Gasteiger partial charge on any atom is -0.465 e. The zero-order chi connectivity index (χ0) is 20.9. The summed E-state index contributed by atoms with van der Waals surface area (Å²) < 4.78 is 37.4. The zero-order valence-electron chi connectivity index (χ0n) is 16.6. The highest BCUT2D eigenvalue weighted by Gasteiger charge is 2.27. The maximum Gasteiger partial charge on any atom is 0.410 e. The fourth-order valence-electron chi connectivity index (χ4n) is 2.65. The molecule has 0 aliphatic carbocycles. The van der Waals surface area contributed by atoms with Gasteiger partial charge < -0.3 is 14.4 Å². The maximum absolute atomic E-state index is 12.5. The topological polar surface area (TPSA) is 105 Å². The number of nitrogens with one attached hydrogen (secondary N) is 1. The van der Waals surface area contributed by atoms with Gasteiger partial charge in [-0.1, -0.05) is 0 Å². The number of esters is 1. The van der Waals surface area contributed by atoms with E-state index in [0.717, 1.165) is 11.3 Å². The molecule has 1 aromatic rings. The first-order valence-electron chi connectivity index (χ1n) is 8.89. The van der Waals surface area contributed by atoms with Gasteiger partial charge >= 0.3 is 12.1 Å². The van der Waals surface area contributed by atoms with Crippen molar-refractivity contribution >= 4 is 33.4 Å². The fourth-order valence-corrected chi connectivity index (χ4v) is 5.00. The van der Waals surface area contributed by atoms with Crippen molar-refractivity contribution in [3.8, 4) is 0 Å². The van der Waals surface area contributed by atoms with Crippen LogP contribution in [0.2, 0.25) is 0 Å². The number of hydrogen-bond donors (Lipinski definition) is 1. The monoisotopic (exact) mass is 433 g/mol. The summed E-state index contributed by atoms with van der Waals surface area (Å²) in [5.41, 5.74) is -0.531. The van der Waals surface area contributed by atoms with Crippen LogP contribution in [-0.4, -0.2) is 82.3 Å². The molecule has 2 heterocycles. The van der Waals surface area contributed by atoms with Gasteiger partial charge in [0, 0.05) is 39.3 Å². The molecule has 0 aromatic carbocycles. The summed E-state index contributed by atoms with van der Waals surface area (Å²) in [5, 5.41) is 1.54. The van der Waals surface area contributed by atoms with E-state index in [4.69, 9.17) is 4.74 Å². The van der Waals surface area contributed by atoms with E-state index in [1.807, 2.05) is 20.8 Å². The van der Waals surface area contributed by atoms with Crippen molar-refractivity contribution in [2.24, 2.45) is 0 Å². The van der Waals surface area contributed by atoms with Crippen LogP contribution in [0.1, 0.15) is 30.4 Å². The summed E-state index contributed by atoms with van der Waals surface area (Å²) >= 11 is 1.02. The molecule has 28 heavy (non-hydrogen) atoms. The molecule has 11 heteroatoms. The molecule has 0 bridgehead atoms. The van der Waals surface area contributed by atoms with Crippen LogP contribution in [0.15, 0.2) is 16.3 Å². The number of sulfonamides is 1. The van der Waals surface area contributed by atoms with Gasteiger partial charge in [0.1, 0.15) is 15.4 Å². The Morgan fingerprint density at radius 1 is 1.21 bits per heavy atom. The quantitative estimate of drug-likeness (QED) is 0.676. The van der Waals surface area contributed by atoms with Crippen LogP contribution in [0.4, 0.5) is 4.79 Å². The van der Waals surface area contributed by atoms with E-state index >= 15 is 0 Å². The van der Waals surface area contributed by atoms with Crippen molar-refractivity contribution in [2.45, 2.75) is 31.3 Å². The number of carbonyl (C=O) groups is 2. The number of carbonyl (C=O) groups excluding carboxylic acids is 2. The van der Waals surface area contributed by atoms with Gasteiger partial charge in [-0.25, -0.2) is 22.7 Å². The molecule has 1 aliphatic rings. The van der Waals surface area contributed by atoms with E-state index in [0.29, 0.717) is 32.7 Å². The predicted octanol–water partition coefficient (Wildman–Crippen LogP) is 1.37. The first-order chi connectivity index (χ1) is 13.0. The van der Waals surface area contributed by atoms with Gasteiger partial charge in [-0.3, -0.25) is 4.90 Å². The van der Waals surface area contributed by atoms with Crippen LogP contribution in [0, 0.1) is 0 Å². The molecule has 1 saturated heterocycles. The van der Waals surface area contributed by atoms with Gasteiger partial charge in [-0.2, -0.15) is 0 Å². The van der Waals surface area contributed by atoms with Crippen molar-refractivity contribution in [3.05, 3.63) is 16.3 Å². The first kappa shape index (κ1) is 22.6. The summed E-state index contributed by atoms with van der Waals surface area (Å²) in [4.78, 5) is 27.5. The Morgan fingerprint density at radius 2 is 1.86 bits per heavy atom. The Bertz CT molecular complexity index is 792. The van der Waals surface area contributed by atoms with Gasteiger partial charge in [0.25, 0.3) is 0 Å². The average molecular weight is 434 g/mol. The molecule has 0 spiro atoms. The summed E-state index contributed by atoms with van der Waals surface area (Å²) in [6, 6.07) is 1.39. The lowest BCUT2D eigenvalue weighted by atomic mass is 10.2. The van der Waals surface area contributed by atoms with E-state index in [-0.39, 0.29) is 22.4 Å². The highest BCUT2D eigenvalue weighted by Crippen LogP contribution is 2.22. The number of ether oxygens (including phenoxy) is 2. The van der Waals surface area contributed by atoms with Gasteiger partial charge in [-0.15, -0.1) is 11.3 Å². The molecule has 0 saturated carbocycles. The molecule has 0 atom stereocenters. The molecular formula is C17H27N3O6S2. The summed E-state index contributed by atoms with van der Waals surface area (Å²) in [6.45, 7) is 8.49. The largest absolute Gasteiger partial charge is 0.465 e. The molecular weight excluding hydrogens is 406 g/mol. The van der Waals surface area contributed by atoms with Crippen LogP contribution >= 0.6 is 11.3 Å². The Labute approximate surface area is 169 Å². The number of rotatable bonds is 6. The van der Waals surface area contributed by atoms with Crippen molar-refractivity contribution in [1.29, 1.82) is 0 Å². The number of amides is 1. The summed E-state index contributed by atoms with van der Waals surface area (Å²) in [5.74, 6) is -0.673. The second-order valence-electron chi connectivity index (χ2n) is 7.31. The minimum atomic E-state index is -3.80. The van der Waals surface area contributed by atoms with Gasteiger partial charge in [-0.05, 0) is 32.2 Å². The standard InChI is InChI=1S/C17H27N3O6S2/c1-17(2,3)26-16(22)20-10-8-19(9-11-20)7-6-18-28(23,24)13-5-12-27-14(13)15(21)25-4/h5,12,18H,6-11H2,1-4H3. The molecule has 1 N–H and O–H groups in total. The van der Waals surface area contributed by atoms with E-state index in [9.17, 15) is 18.0 Å². The average Bonchev–Trinajstić information content (AvgIpc) is 3.11. The molecule has 2 rings (SSSR count). The van der Waals surface area contributed by atoms with Crippen LogP contribution in [-0.2, 0) is 19.5 Å². The molecule has 9 nitrogen and oxygen atoms in total.